The fourth-order valence-corrected chi connectivity index (χ4v) is 1.72. The van der Waals surface area contributed by atoms with E-state index in [2.05, 4.69) is 5.43 Å². The topological polar surface area (TPSA) is 67.6 Å². The van der Waals surface area contributed by atoms with Crippen LogP contribution in [0, 0.1) is 0 Å². The molecule has 1 aromatic carbocycles. The van der Waals surface area contributed by atoms with Gasteiger partial charge >= 0.3 is 0 Å². The van der Waals surface area contributed by atoms with Gasteiger partial charge in [-0.3, -0.25) is 10.6 Å². The number of rotatable bonds is 3. The van der Waals surface area contributed by atoms with Crippen molar-refractivity contribution in [3.63, 3.8) is 0 Å². The van der Waals surface area contributed by atoms with Gasteiger partial charge in [0, 0.05) is 25.2 Å². The SMILES string of the molecule is CCCC(=O)N1CCOCC1.NNc1ccccc1. The third kappa shape index (κ3) is 6.22. The van der Waals surface area contributed by atoms with Crippen molar-refractivity contribution in [1.82, 2.24) is 4.90 Å². The van der Waals surface area contributed by atoms with Crippen molar-refractivity contribution in [2.45, 2.75) is 19.8 Å². The highest BCUT2D eigenvalue weighted by Gasteiger charge is 2.14. The molecule has 0 radical (unpaired) electrons. The first-order chi connectivity index (χ1) is 9.27. The minimum Gasteiger partial charge on any atom is -0.378 e. The van der Waals surface area contributed by atoms with Crippen LogP contribution in [0.4, 0.5) is 5.69 Å². The number of nitrogens with two attached hydrogens (primary N) is 1. The minimum atomic E-state index is 0.274. The van der Waals surface area contributed by atoms with Gasteiger partial charge in [0.15, 0.2) is 0 Å². The lowest BCUT2D eigenvalue weighted by molar-refractivity contribution is -0.135. The van der Waals surface area contributed by atoms with Crippen molar-refractivity contribution < 1.29 is 9.53 Å². The summed E-state index contributed by atoms with van der Waals surface area (Å²) in [6.45, 7) is 4.99. The van der Waals surface area contributed by atoms with Crippen LogP contribution in [0.1, 0.15) is 19.8 Å². The number of carbonyl (C=O) groups excluding carboxylic acids is 1. The maximum atomic E-state index is 11.3. The third-order valence-electron chi connectivity index (χ3n) is 2.77. The number of nitrogen functional groups attached to an aromatic ring is 1. The number of para-hydroxylation sites is 1. The smallest absolute Gasteiger partial charge is 0.222 e. The van der Waals surface area contributed by atoms with Gasteiger partial charge in [-0.25, -0.2) is 0 Å². The summed E-state index contributed by atoms with van der Waals surface area (Å²) in [5.41, 5.74) is 3.46. The Labute approximate surface area is 114 Å². The van der Waals surface area contributed by atoms with Gasteiger partial charge in [-0.05, 0) is 18.6 Å². The Morgan fingerprint density at radius 3 is 2.42 bits per heavy atom. The quantitative estimate of drug-likeness (QED) is 0.643. The van der Waals surface area contributed by atoms with Gasteiger partial charge in [0.25, 0.3) is 0 Å². The van der Waals surface area contributed by atoms with E-state index in [1.807, 2.05) is 42.2 Å². The predicted molar refractivity (Wildman–Crippen MR) is 76.6 cm³/mol. The number of hydrogen-bond acceptors (Lipinski definition) is 4. The molecule has 2 rings (SSSR count). The van der Waals surface area contributed by atoms with Crippen molar-refractivity contribution in [3.05, 3.63) is 30.3 Å². The Kier molecular flexibility index (Phi) is 7.62. The first kappa shape index (κ1) is 15.5. The summed E-state index contributed by atoms with van der Waals surface area (Å²) in [7, 11) is 0. The summed E-state index contributed by atoms with van der Waals surface area (Å²) in [6, 6.07) is 9.60. The second kappa shape index (κ2) is 9.35. The average molecular weight is 265 g/mol. The number of hydrazine groups is 1. The number of carbonyl (C=O) groups is 1. The van der Waals surface area contributed by atoms with E-state index in [1.54, 1.807) is 0 Å². The summed E-state index contributed by atoms with van der Waals surface area (Å²) in [6.07, 6.45) is 1.62. The Balaban J connectivity index is 0.000000200. The van der Waals surface area contributed by atoms with Crippen molar-refractivity contribution in [3.8, 4) is 0 Å². The van der Waals surface area contributed by atoms with Crippen molar-refractivity contribution in [2.75, 3.05) is 31.7 Å². The number of hydrogen-bond donors (Lipinski definition) is 2. The van der Waals surface area contributed by atoms with E-state index in [-0.39, 0.29) is 5.91 Å². The molecule has 0 atom stereocenters. The Morgan fingerprint density at radius 2 is 1.95 bits per heavy atom. The van der Waals surface area contributed by atoms with Crippen LogP contribution in [-0.2, 0) is 9.53 Å². The molecule has 1 heterocycles. The molecule has 0 aliphatic carbocycles. The van der Waals surface area contributed by atoms with E-state index in [1.165, 1.54) is 0 Å². The van der Waals surface area contributed by atoms with Crippen molar-refractivity contribution in [1.29, 1.82) is 0 Å². The zero-order chi connectivity index (χ0) is 13.9. The van der Waals surface area contributed by atoms with Gasteiger partial charge in [-0.2, -0.15) is 0 Å². The number of nitrogens with zero attached hydrogens (tertiary/aromatic N) is 1. The Hall–Kier alpha value is -1.59. The molecular weight excluding hydrogens is 242 g/mol. The highest BCUT2D eigenvalue weighted by molar-refractivity contribution is 5.76. The molecule has 5 nitrogen and oxygen atoms in total. The first-order valence-electron chi connectivity index (χ1n) is 6.65. The lowest BCUT2D eigenvalue weighted by Gasteiger charge is -2.26. The number of amides is 1. The van der Waals surface area contributed by atoms with E-state index >= 15 is 0 Å². The molecule has 0 spiro atoms. The number of ether oxygens (including phenoxy) is 1. The van der Waals surface area contributed by atoms with Gasteiger partial charge in [-0.15, -0.1) is 0 Å². The monoisotopic (exact) mass is 265 g/mol. The maximum absolute atomic E-state index is 11.3. The normalized spacial score (nSPS) is 14.3. The highest BCUT2D eigenvalue weighted by Crippen LogP contribution is 2.01. The van der Waals surface area contributed by atoms with Crippen molar-refractivity contribution >= 4 is 11.6 Å². The molecule has 3 N–H and O–H groups in total. The Bertz CT molecular complexity index is 351. The standard InChI is InChI=1S/C8H15NO2.C6H8N2/c1-2-3-8(10)9-4-6-11-7-5-9;7-8-6-4-2-1-3-5-6/h2-7H2,1H3;1-5,8H,7H2. The summed E-state index contributed by atoms with van der Waals surface area (Å²) in [5, 5.41) is 0. The molecule has 0 aromatic heterocycles. The molecule has 19 heavy (non-hydrogen) atoms. The zero-order valence-corrected chi connectivity index (χ0v) is 11.5. The maximum Gasteiger partial charge on any atom is 0.222 e. The second-order valence-electron chi connectivity index (χ2n) is 4.25. The highest BCUT2D eigenvalue weighted by atomic mass is 16.5. The van der Waals surface area contributed by atoms with Crippen LogP contribution in [-0.4, -0.2) is 37.1 Å². The van der Waals surface area contributed by atoms with Gasteiger partial charge in [0.05, 0.1) is 13.2 Å². The Morgan fingerprint density at radius 1 is 1.32 bits per heavy atom. The largest absolute Gasteiger partial charge is 0.378 e. The molecule has 0 unspecified atom stereocenters. The van der Waals surface area contributed by atoms with Crippen LogP contribution < -0.4 is 11.3 Å². The lowest BCUT2D eigenvalue weighted by Crippen LogP contribution is -2.40. The second-order valence-corrected chi connectivity index (χ2v) is 4.25. The predicted octanol–water partition coefficient (Wildman–Crippen LogP) is 1.62. The average Bonchev–Trinajstić information content (AvgIpc) is 2.50. The minimum absolute atomic E-state index is 0.274. The zero-order valence-electron chi connectivity index (χ0n) is 11.5. The first-order valence-corrected chi connectivity index (χ1v) is 6.65. The molecule has 1 aliphatic heterocycles. The van der Waals surface area contributed by atoms with Gasteiger partial charge < -0.3 is 15.1 Å². The van der Waals surface area contributed by atoms with Crippen LogP contribution in [0.2, 0.25) is 0 Å². The van der Waals surface area contributed by atoms with Crippen molar-refractivity contribution in [2.24, 2.45) is 5.84 Å². The molecule has 1 fully saturated rings. The fourth-order valence-electron chi connectivity index (χ4n) is 1.72. The summed E-state index contributed by atoms with van der Waals surface area (Å²) in [5.74, 6) is 5.37. The van der Waals surface area contributed by atoms with Crippen LogP contribution in [0.15, 0.2) is 30.3 Å². The molecule has 1 aromatic rings. The molecular formula is C14H23N3O2. The van der Waals surface area contributed by atoms with Crippen LogP contribution >= 0.6 is 0 Å². The molecule has 0 saturated carbocycles. The number of benzene rings is 1. The molecule has 0 bridgehead atoms. The molecule has 1 amide bonds. The summed E-state index contributed by atoms with van der Waals surface area (Å²) < 4.78 is 5.13. The van der Waals surface area contributed by atoms with E-state index in [0.717, 1.165) is 25.2 Å². The molecule has 106 valence electrons. The molecule has 1 aliphatic rings. The fraction of sp³-hybridized carbons (Fsp3) is 0.500. The molecule has 5 heteroatoms. The van der Waals surface area contributed by atoms with E-state index in [0.29, 0.717) is 19.6 Å². The van der Waals surface area contributed by atoms with Gasteiger partial charge in [0.1, 0.15) is 0 Å². The van der Waals surface area contributed by atoms with Gasteiger partial charge in [-0.1, -0.05) is 25.1 Å². The van der Waals surface area contributed by atoms with Crippen LogP contribution in [0.25, 0.3) is 0 Å². The summed E-state index contributed by atoms with van der Waals surface area (Å²) in [4.78, 5) is 13.2. The van der Waals surface area contributed by atoms with E-state index in [9.17, 15) is 4.79 Å². The van der Waals surface area contributed by atoms with Crippen LogP contribution in [0.3, 0.4) is 0 Å². The van der Waals surface area contributed by atoms with Gasteiger partial charge in [0.2, 0.25) is 5.91 Å². The lowest BCUT2D eigenvalue weighted by atomic mass is 10.3. The number of anilines is 1. The van der Waals surface area contributed by atoms with E-state index < -0.39 is 0 Å². The summed E-state index contributed by atoms with van der Waals surface area (Å²) >= 11 is 0. The third-order valence-corrected chi connectivity index (χ3v) is 2.77. The number of morpholine rings is 1. The molecule has 1 saturated heterocycles. The number of nitrogens with one attached hydrogen (secondary N) is 1. The van der Waals surface area contributed by atoms with E-state index in [4.69, 9.17) is 10.6 Å². The van der Waals surface area contributed by atoms with Crippen LogP contribution in [0.5, 0.6) is 0 Å².